The fraction of sp³-hybridized carbons (Fsp3) is 0.833. The van der Waals surface area contributed by atoms with Crippen LogP contribution in [0.4, 0.5) is 0 Å². The largest absolute Gasteiger partial charge is 0.378 e. The van der Waals surface area contributed by atoms with Crippen molar-refractivity contribution in [1.29, 1.82) is 0 Å². The van der Waals surface area contributed by atoms with Crippen molar-refractivity contribution in [2.45, 2.75) is 50.7 Å². The molecule has 2 aliphatic heterocycles. The van der Waals surface area contributed by atoms with E-state index in [1.165, 1.54) is 19.3 Å². The standard InChI is InChI=1S/C12H19N3O2/c1-2-7-16-9(4-1)8-11-14-12(17-15-11)10-5-3-6-13-10/h9-10,13H,1-8H2/t9?,10-/m1/s1. The van der Waals surface area contributed by atoms with Gasteiger partial charge < -0.3 is 14.6 Å². The Morgan fingerprint density at radius 1 is 1.24 bits per heavy atom. The average Bonchev–Trinajstić information content (AvgIpc) is 3.00. The Hall–Kier alpha value is -0.940. The molecular formula is C12H19N3O2. The smallest absolute Gasteiger partial charge is 0.243 e. The molecule has 2 aliphatic rings. The molecule has 0 amide bonds. The Morgan fingerprint density at radius 3 is 3.00 bits per heavy atom. The van der Waals surface area contributed by atoms with E-state index < -0.39 is 0 Å². The third kappa shape index (κ3) is 2.66. The Kier molecular flexibility index (Phi) is 3.38. The predicted molar refractivity (Wildman–Crippen MR) is 61.6 cm³/mol. The number of hydrogen-bond donors (Lipinski definition) is 1. The molecule has 0 saturated carbocycles. The minimum atomic E-state index is 0.267. The summed E-state index contributed by atoms with van der Waals surface area (Å²) in [6.45, 7) is 1.92. The number of hydrogen-bond acceptors (Lipinski definition) is 5. The first kappa shape index (κ1) is 11.2. The van der Waals surface area contributed by atoms with Crippen molar-refractivity contribution in [3.8, 4) is 0 Å². The summed E-state index contributed by atoms with van der Waals surface area (Å²) in [5, 5.41) is 7.41. The van der Waals surface area contributed by atoms with Crippen LogP contribution in [-0.2, 0) is 11.2 Å². The molecule has 0 spiro atoms. The maximum Gasteiger partial charge on any atom is 0.243 e. The quantitative estimate of drug-likeness (QED) is 0.865. The van der Waals surface area contributed by atoms with E-state index in [4.69, 9.17) is 9.26 Å². The van der Waals surface area contributed by atoms with Crippen LogP contribution in [0, 0.1) is 0 Å². The zero-order valence-electron chi connectivity index (χ0n) is 10.0. The minimum absolute atomic E-state index is 0.267. The van der Waals surface area contributed by atoms with Gasteiger partial charge in [0.05, 0.1) is 12.1 Å². The highest BCUT2D eigenvalue weighted by molar-refractivity contribution is 4.96. The zero-order valence-corrected chi connectivity index (χ0v) is 10.0. The van der Waals surface area contributed by atoms with Gasteiger partial charge in [-0.3, -0.25) is 0 Å². The van der Waals surface area contributed by atoms with E-state index in [1.54, 1.807) is 0 Å². The number of rotatable bonds is 3. The number of ether oxygens (including phenoxy) is 1. The van der Waals surface area contributed by atoms with Crippen LogP contribution in [0.25, 0.3) is 0 Å². The molecule has 5 nitrogen and oxygen atoms in total. The summed E-state index contributed by atoms with van der Waals surface area (Å²) in [5.74, 6) is 1.54. The van der Waals surface area contributed by atoms with Gasteiger partial charge >= 0.3 is 0 Å². The molecule has 94 valence electrons. The molecule has 0 bridgehead atoms. The van der Waals surface area contributed by atoms with Crippen LogP contribution in [0.15, 0.2) is 4.52 Å². The SMILES string of the molecule is C1CCC(Cc2noc([C@H]3CCCN3)n2)OC1. The minimum Gasteiger partial charge on any atom is -0.378 e. The monoisotopic (exact) mass is 237 g/mol. The van der Waals surface area contributed by atoms with Crippen molar-refractivity contribution in [3.05, 3.63) is 11.7 Å². The summed E-state index contributed by atoms with van der Waals surface area (Å²) in [5.41, 5.74) is 0. The second kappa shape index (κ2) is 5.14. The van der Waals surface area contributed by atoms with Gasteiger partial charge in [-0.15, -0.1) is 0 Å². The lowest BCUT2D eigenvalue weighted by Gasteiger charge is -2.20. The van der Waals surface area contributed by atoms with Crippen LogP contribution < -0.4 is 5.32 Å². The molecule has 3 rings (SSSR count). The van der Waals surface area contributed by atoms with Crippen LogP contribution in [-0.4, -0.2) is 29.4 Å². The summed E-state index contributed by atoms with van der Waals surface area (Å²) in [7, 11) is 0. The Balaban J connectivity index is 1.59. The van der Waals surface area contributed by atoms with Gasteiger partial charge in [-0.2, -0.15) is 4.98 Å². The van der Waals surface area contributed by atoms with Crippen molar-refractivity contribution in [2.24, 2.45) is 0 Å². The summed E-state index contributed by atoms with van der Waals surface area (Å²) >= 11 is 0. The van der Waals surface area contributed by atoms with E-state index in [1.807, 2.05) is 0 Å². The molecule has 17 heavy (non-hydrogen) atoms. The lowest BCUT2D eigenvalue weighted by molar-refractivity contribution is 0.0153. The third-order valence-corrected chi connectivity index (χ3v) is 3.53. The van der Waals surface area contributed by atoms with Gasteiger partial charge in [0.1, 0.15) is 0 Å². The second-order valence-corrected chi connectivity index (χ2v) is 4.89. The van der Waals surface area contributed by atoms with E-state index >= 15 is 0 Å². The molecule has 0 radical (unpaired) electrons. The van der Waals surface area contributed by atoms with E-state index in [9.17, 15) is 0 Å². The second-order valence-electron chi connectivity index (χ2n) is 4.89. The normalized spacial score (nSPS) is 29.6. The van der Waals surface area contributed by atoms with Crippen LogP contribution in [0.5, 0.6) is 0 Å². The summed E-state index contributed by atoms with van der Waals surface area (Å²) in [6.07, 6.45) is 6.91. The third-order valence-electron chi connectivity index (χ3n) is 3.53. The Bertz CT molecular complexity index is 354. The first-order valence-corrected chi connectivity index (χ1v) is 6.59. The molecule has 1 aromatic heterocycles. The molecule has 1 unspecified atom stereocenters. The fourth-order valence-electron chi connectivity index (χ4n) is 2.56. The van der Waals surface area contributed by atoms with E-state index in [2.05, 4.69) is 15.5 Å². The predicted octanol–water partition coefficient (Wildman–Crippen LogP) is 1.61. The van der Waals surface area contributed by atoms with Crippen LogP contribution >= 0.6 is 0 Å². The molecule has 0 aromatic carbocycles. The molecular weight excluding hydrogens is 218 g/mol. The number of aromatic nitrogens is 2. The Morgan fingerprint density at radius 2 is 2.24 bits per heavy atom. The highest BCUT2D eigenvalue weighted by atomic mass is 16.5. The van der Waals surface area contributed by atoms with Crippen LogP contribution in [0.3, 0.4) is 0 Å². The fourth-order valence-corrected chi connectivity index (χ4v) is 2.56. The van der Waals surface area contributed by atoms with Gasteiger partial charge in [-0.1, -0.05) is 5.16 Å². The zero-order chi connectivity index (χ0) is 11.5. The van der Waals surface area contributed by atoms with Gasteiger partial charge in [0.25, 0.3) is 0 Å². The lowest BCUT2D eigenvalue weighted by Crippen LogP contribution is -2.22. The first-order valence-electron chi connectivity index (χ1n) is 6.59. The first-order chi connectivity index (χ1) is 8.42. The molecule has 0 aliphatic carbocycles. The number of nitrogens with zero attached hydrogens (tertiary/aromatic N) is 2. The molecule has 1 aromatic rings. The summed E-state index contributed by atoms with van der Waals surface area (Å²) in [4.78, 5) is 4.47. The van der Waals surface area contributed by atoms with E-state index in [0.717, 1.165) is 44.1 Å². The van der Waals surface area contributed by atoms with Gasteiger partial charge in [-0.25, -0.2) is 0 Å². The van der Waals surface area contributed by atoms with Gasteiger partial charge in [0.15, 0.2) is 5.82 Å². The molecule has 2 saturated heterocycles. The molecule has 1 N–H and O–H groups in total. The van der Waals surface area contributed by atoms with Gasteiger partial charge in [-0.05, 0) is 38.6 Å². The molecule has 5 heteroatoms. The van der Waals surface area contributed by atoms with Crippen molar-refractivity contribution in [3.63, 3.8) is 0 Å². The topological polar surface area (TPSA) is 60.2 Å². The van der Waals surface area contributed by atoms with Crippen LogP contribution in [0.1, 0.15) is 49.9 Å². The highest BCUT2D eigenvalue weighted by Crippen LogP contribution is 2.22. The Labute approximate surface area is 101 Å². The van der Waals surface area contributed by atoms with Crippen molar-refractivity contribution < 1.29 is 9.26 Å². The maximum absolute atomic E-state index is 5.68. The van der Waals surface area contributed by atoms with Gasteiger partial charge in [0.2, 0.25) is 5.89 Å². The summed E-state index contributed by atoms with van der Waals surface area (Å²) in [6, 6.07) is 0.267. The van der Waals surface area contributed by atoms with E-state index in [-0.39, 0.29) is 12.1 Å². The van der Waals surface area contributed by atoms with Crippen molar-refractivity contribution in [1.82, 2.24) is 15.5 Å². The highest BCUT2D eigenvalue weighted by Gasteiger charge is 2.23. The average molecular weight is 237 g/mol. The maximum atomic E-state index is 5.68. The molecule has 3 heterocycles. The van der Waals surface area contributed by atoms with Gasteiger partial charge in [0, 0.05) is 13.0 Å². The van der Waals surface area contributed by atoms with E-state index in [0.29, 0.717) is 0 Å². The van der Waals surface area contributed by atoms with Crippen molar-refractivity contribution >= 4 is 0 Å². The molecule has 2 fully saturated rings. The van der Waals surface area contributed by atoms with Crippen molar-refractivity contribution in [2.75, 3.05) is 13.2 Å². The molecule has 2 atom stereocenters. The van der Waals surface area contributed by atoms with Crippen LogP contribution in [0.2, 0.25) is 0 Å². The summed E-state index contributed by atoms with van der Waals surface area (Å²) < 4.78 is 11.0. The number of nitrogens with one attached hydrogen (secondary N) is 1. The lowest BCUT2D eigenvalue weighted by atomic mass is 10.1.